The Hall–Kier alpha value is -2.78. The molecule has 1 unspecified atom stereocenters. The van der Waals surface area contributed by atoms with Crippen LogP contribution in [0.1, 0.15) is 42.1 Å². The van der Waals surface area contributed by atoms with Crippen LogP contribution in [0.15, 0.2) is 47.4 Å². The number of piperidine rings is 1. The van der Waals surface area contributed by atoms with Gasteiger partial charge in [-0.05, 0) is 50.5 Å². The van der Waals surface area contributed by atoms with Crippen molar-refractivity contribution in [2.45, 2.75) is 44.0 Å². The quantitative estimate of drug-likeness (QED) is 0.589. The maximum absolute atomic E-state index is 13.1. The molecule has 0 radical (unpaired) electrons. The Morgan fingerprint density at radius 2 is 1.97 bits per heavy atom. The smallest absolute Gasteiger partial charge is 0.271 e. The van der Waals surface area contributed by atoms with E-state index in [1.165, 1.54) is 40.7 Å². The van der Waals surface area contributed by atoms with E-state index < -0.39 is 20.9 Å². The van der Waals surface area contributed by atoms with Crippen molar-refractivity contribution in [3.63, 3.8) is 0 Å². The Labute approximate surface area is 169 Å². The number of rotatable bonds is 5. The van der Waals surface area contributed by atoms with E-state index >= 15 is 0 Å². The van der Waals surface area contributed by atoms with Crippen LogP contribution >= 0.6 is 0 Å². The molecular formula is C20H23N3O5S. The lowest BCUT2D eigenvalue weighted by Gasteiger charge is -2.32. The summed E-state index contributed by atoms with van der Waals surface area (Å²) in [4.78, 5) is 23.2. The van der Waals surface area contributed by atoms with Crippen LogP contribution in [0.2, 0.25) is 0 Å². The van der Waals surface area contributed by atoms with Crippen molar-refractivity contribution >= 4 is 27.3 Å². The summed E-state index contributed by atoms with van der Waals surface area (Å²) in [5.41, 5.74) is 0.942. The first kappa shape index (κ1) is 20.9. The van der Waals surface area contributed by atoms with Crippen LogP contribution in [0.4, 0.5) is 11.4 Å². The molecule has 3 rings (SSSR count). The summed E-state index contributed by atoms with van der Waals surface area (Å²) in [7, 11) is -3.71. The normalized spacial score (nSPS) is 17.7. The number of non-ortho nitro benzene ring substituents is 1. The lowest BCUT2D eigenvalue weighted by atomic mass is 10.1. The van der Waals surface area contributed by atoms with E-state index in [1.54, 1.807) is 13.0 Å². The number of nitro benzene ring substituents is 1. The van der Waals surface area contributed by atoms with Crippen molar-refractivity contribution in [1.29, 1.82) is 0 Å². The lowest BCUT2D eigenvalue weighted by molar-refractivity contribution is -0.384. The minimum Gasteiger partial charge on any atom is -0.322 e. The van der Waals surface area contributed by atoms with Crippen LogP contribution in [0.5, 0.6) is 0 Å². The second-order valence-electron chi connectivity index (χ2n) is 7.20. The van der Waals surface area contributed by atoms with Gasteiger partial charge in [0.05, 0.1) is 9.82 Å². The number of sulfonamides is 1. The average Bonchev–Trinajstić information content (AvgIpc) is 2.68. The maximum atomic E-state index is 13.1. The highest BCUT2D eigenvalue weighted by atomic mass is 32.2. The summed E-state index contributed by atoms with van der Waals surface area (Å²) in [6.45, 7) is 4.07. The van der Waals surface area contributed by atoms with Crippen molar-refractivity contribution in [2.24, 2.45) is 0 Å². The fourth-order valence-electron chi connectivity index (χ4n) is 3.47. The molecule has 154 valence electrons. The van der Waals surface area contributed by atoms with E-state index in [0.29, 0.717) is 12.1 Å². The minimum absolute atomic E-state index is 0.0704. The molecule has 0 bridgehead atoms. The van der Waals surface area contributed by atoms with E-state index in [4.69, 9.17) is 0 Å². The SMILES string of the molecule is Cc1ccc(S(=O)(=O)N2CCCCC2C)cc1C(=O)Nc1cccc([N+](=O)[O-])c1. The Kier molecular flexibility index (Phi) is 5.99. The van der Waals surface area contributed by atoms with Crippen molar-refractivity contribution in [2.75, 3.05) is 11.9 Å². The van der Waals surface area contributed by atoms with E-state index in [0.717, 1.165) is 19.3 Å². The molecule has 9 heteroatoms. The highest BCUT2D eigenvalue weighted by Crippen LogP contribution is 2.27. The Bertz CT molecular complexity index is 1050. The molecule has 0 aliphatic carbocycles. The van der Waals surface area contributed by atoms with E-state index in [1.807, 2.05) is 6.92 Å². The van der Waals surface area contributed by atoms with E-state index in [9.17, 15) is 23.3 Å². The number of nitrogens with one attached hydrogen (secondary N) is 1. The van der Waals surface area contributed by atoms with Gasteiger partial charge in [0.1, 0.15) is 0 Å². The average molecular weight is 417 g/mol. The van der Waals surface area contributed by atoms with Gasteiger partial charge in [-0.1, -0.05) is 18.6 Å². The zero-order valence-corrected chi connectivity index (χ0v) is 17.1. The number of aryl methyl sites for hydroxylation is 1. The van der Waals surface area contributed by atoms with Crippen molar-refractivity contribution < 1.29 is 18.1 Å². The van der Waals surface area contributed by atoms with Gasteiger partial charge in [0.2, 0.25) is 10.0 Å². The zero-order valence-electron chi connectivity index (χ0n) is 16.3. The molecule has 1 N–H and O–H groups in total. The number of nitro groups is 1. The standard InChI is InChI=1S/C20H23N3O5S/c1-14-9-10-18(29(27,28)22-11-4-3-6-15(22)2)13-19(14)20(24)21-16-7-5-8-17(12-16)23(25)26/h5,7-10,12-13,15H,3-4,6,11H2,1-2H3,(H,21,24). The lowest BCUT2D eigenvalue weighted by Crippen LogP contribution is -2.42. The van der Waals surface area contributed by atoms with Crippen LogP contribution in [0.25, 0.3) is 0 Å². The van der Waals surface area contributed by atoms with Gasteiger partial charge in [-0.3, -0.25) is 14.9 Å². The van der Waals surface area contributed by atoms with Crippen LogP contribution < -0.4 is 5.32 Å². The van der Waals surface area contributed by atoms with Gasteiger partial charge >= 0.3 is 0 Å². The van der Waals surface area contributed by atoms with Crippen molar-refractivity contribution in [1.82, 2.24) is 4.31 Å². The monoisotopic (exact) mass is 417 g/mol. The molecule has 1 atom stereocenters. The third-order valence-electron chi connectivity index (χ3n) is 5.12. The van der Waals surface area contributed by atoms with Gasteiger partial charge in [0.15, 0.2) is 0 Å². The summed E-state index contributed by atoms with van der Waals surface area (Å²) >= 11 is 0. The third-order valence-corrected chi connectivity index (χ3v) is 7.13. The van der Waals surface area contributed by atoms with Crippen LogP contribution in [-0.2, 0) is 10.0 Å². The summed E-state index contributed by atoms with van der Waals surface area (Å²) < 4.78 is 27.7. The number of anilines is 1. The summed E-state index contributed by atoms with van der Waals surface area (Å²) in [5, 5.41) is 13.5. The largest absolute Gasteiger partial charge is 0.322 e. The molecule has 2 aromatic carbocycles. The second-order valence-corrected chi connectivity index (χ2v) is 9.09. The molecule has 2 aromatic rings. The Morgan fingerprint density at radius 3 is 2.66 bits per heavy atom. The number of hydrogen-bond donors (Lipinski definition) is 1. The fraction of sp³-hybridized carbons (Fsp3) is 0.350. The Balaban J connectivity index is 1.90. The molecule has 0 spiro atoms. The molecular weight excluding hydrogens is 394 g/mol. The van der Waals surface area contributed by atoms with Gasteiger partial charge < -0.3 is 5.32 Å². The molecule has 8 nitrogen and oxygen atoms in total. The topological polar surface area (TPSA) is 110 Å². The number of carbonyl (C=O) groups is 1. The second kappa shape index (κ2) is 8.30. The molecule has 1 aliphatic heterocycles. The third kappa shape index (κ3) is 4.46. The first-order chi connectivity index (χ1) is 13.7. The van der Waals surface area contributed by atoms with Gasteiger partial charge in [-0.25, -0.2) is 8.42 Å². The minimum atomic E-state index is -3.71. The molecule has 29 heavy (non-hydrogen) atoms. The number of amides is 1. The number of carbonyl (C=O) groups excluding carboxylic acids is 1. The van der Waals surface area contributed by atoms with Crippen molar-refractivity contribution in [3.8, 4) is 0 Å². The maximum Gasteiger partial charge on any atom is 0.271 e. The number of nitrogens with zero attached hydrogens (tertiary/aromatic N) is 2. The molecule has 1 saturated heterocycles. The van der Waals surface area contributed by atoms with Crippen LogP contribution in [-0.4, -0.2) is 36.1 Å². The van der Waals surface area contributed by atoms with Gasteiger partial charge in [-0.2, -0.15) is 4.31 Å². The Morgan fingerprint density at radius 1 is 1.21 bits per heavy atom. The highest BCUT2D eigenvalue weighted by molar-refractivity contribution is 7.89. The van der Waals surface area contributed by atoms with Gasteiger partial charge in [0, 0.05) is 36.0 Å². The molecule has 1 amide bonds. The predicted molar refractivity (Wildman–Crippen MR) is 109 cm³/mol. The highest BCUT2D eigenvalue weighted by Gasteiger charge is 2.31. The van der Waals surface area contributed by atoms with Gasteiger partial charge in [-0.15, -0.1) is 0 Å². The summed E-state index contributed by atoms with van der Waals surface area (Å²) in [5.74, 6) is -0.522. The van der Waals surface area contributed by atoms with E-state index in [2.05, 4.69) is 5.32 Å². The molecule has 1 heterocycles. The molecule has 1 aliphatic rings. The van der Waals surface area contributed by atoms with Crippen LogP contribution in [0, 0.1) is 17.0 Å². The molecule has 0 saturated carbocycles. The van der Waals surface area contributed by atoms with E-state index in [-0.39, 0.29) is 27.9 Å². The van der Waals surface area contributed by atoms with Crippen molar-refractivity contribution in [3.05, 3.63) is 63.7 Å². The summed E-state index contributed by atoms with van der Waals surface area (Å²) in [6.07, 6.45) is 2.62. The first-order valence-corrected chi connectivity index (χ1v) is 10.8. The zero-order chi connectivity index (χ0) is 21.2. The number of benzene rings is 2. The predicted octanol–water partition coefficient (Wildman–Crippen LogP) is 3.72. The van der Waals surface area contributed by atoms with Gasteiger partial charge in [0.25, 0.3) is 11.6 Å². The van der Waals surface area contributed by atoms with Crippen LogP contribution in [0.3, 0.4) is 0 Å². The summed E-state index contributed by atoms with van der Waals surface area (Å²) in [6, 6.07) is 9.99. The number of hydrogen-bond acceptors (Lipinski definition) is 5. The fourth-order valence-corrected chi connectivity index (χ4v) is 5.19. The molecule has 0 aromatic heterocycles. The first-order valence-electron chi connectivity index (χ1n) is 9.38. The molecule has 1 fully saturated rings.